The highest BCUT2D eigenvalue weighted by atomic mass is 16.5. The molecule has 23 heavy (non-hydrogen) atoms. The summed E-state index contributed by atoms with van der Waals surface area (Å²) in [5, 5.41) is 6.76. The molecule has 0 aliphatic heterocycles. The third kappa shape index (κ3) is 5.73. The van der Waals surface area contributed by atoms with Gasteiger partial charge in [0.05, 0.1) is 0 Å². The molecule has 0 spiro atoms. The van der Waals surface area contributed by atoms with E-state index in [1.807, 2.05) is 32.2 Å². The zero-order chi connectivity index (χ0) is 16.7. The Morgan fingerprint density at radius 1 is 1.35 bits per heavy atom. The maximum atomic E-state index is 12.0. The number of rotatable bonds is 8. The van der Waals surface area contributed by atoms with Crippen LogP contribution >= 0.6 is 0 Å². The van der Waals surface area contributed by atoms with Gasteiger partial charge in [-0.1, -0.05) is 23.4 Å². The van der Waals surface area contributed by atoms with Crippen molar-refractivity contribution in [2.75, 3.05) is 18.5 Å². The molecule has 124 valence electrons. The molecule has 1 unspecified atom stereocenters. The standard InChI is InChI=1S/C17H24N4O2/c1-13(12-21(3)15-8-5-4-6-9-15)18-16(22)10-7-11-17-19-14(2)20-23-17/h4-6,8-9,13H,7,10-12H2,1-3H3,(H,18,22). The van der Waals surface area contributed by atoms with E-state index >= 15 is 0 Å². The number of hydrogen-bond acceptors (Lipinski definition) is 5. The molecular formula is C17H24N4O2. The van der Waals surface area contributed by atoms with E-state index in [0.29, 0.717) is 31.0 Å². The predicted molar refractivity (Wildman–Crippen MR) is 89.3 cm³/mol. The molecular weight excluding hydrogens is 292 g/mol. The molecule has 0 saturated carbocycles. The number of aryl methyl sites for hydroxylation is 2. The van der Waals surface area contributed by atoms with E-state index < -0.39 is 0 Å². The molecule has 6 heteroatoms. The van der Waals surface area contributed by atoms with Crippen LogP contribution < -0.4 is 10.2 Å². The summed E-state index contributed by atoms with van der Waals surface area (Å²) in [6.45, 7) is 4.56. The van der Waals surface area contributed by atoms with E-state index in [1.165, 1.54) is 0 Å². The molecule has 1 heterocycles. The minimum absolute atomic E-state index is 0.0511. The van der Waals surface area contributed by atoms with Gasteiger partial charge in [0.25, 0.3) is 0 Å². The molecule has 1 aromatic carbocycles. The lowest BCUT2D eigenvalue weighted by Gasteiger charge is -2.24. The fourth-order valence-corrected chi connectivity index (χ4v) is 2.43. The van der Waals surface area contributed by atoms with Crippen molar-refractivity contribution in [2.24, 2.45) is 0 Å². The minimum Gasteiger partial charge on any atom is -0.373 e. The van der Waals surface area contributed by atoms with Crippen molar-refractivity contribution in [1.82, 2.24) is 15.5 Å². The summed E-state index contributed by atoms with van der Waals surface area (Å²) >= 11 is 0. The molecule has 2 aromatic rings. The largest absolute Gasteiger partial charge is 0.373 e. The summed E-state index contributed by atoms with van der Waals surface area (Å²) in [5.41, 5.74) is 1.14. The van der Waals surface area contributed by atoms with Crippen LogP contribution in [0.2, 0.25) is 0 Å². The van der Waals surface area contributed by atoms with Gasteiger partial charge in [0, 0.05) is 38.2 Å². The van der Waals surface area contributed by atoms with Crippen molar-refractivity contribution >= 4 is 11.6 Å². The van der Waals surface area contributed by atoms with Crippen LogP contribution in [0.3, 0.4) is 0 Å². The second kappa shape index (κ2) is 8.31. The molecule has 2 rings (SSSR count). The average molecular weight is 316 g/mol. The van der Waals surface area contributed by atoms with Crippen LogP contribution in [-0.4, -0.2) is 35.7 Å². The number of para-hydroxylation sites is 1. The summed E-state index contributed by atoms with van der Waals surface area (Å²) in [6, 6.07) is 10.2. The first-order valence-corrected chi connectivity index (χ1v) is 7.89. The quantitative estimate of drug-likeness (QED) is 0.809. The Labute approximate surface area is 136 Å². The van der Waals surface area contributed by atoms with Gasteiger partial charge < -0.3 is 14.7 Å². The number of aromatic nitrogens is 2. The Hall–Kier alpha value is -2.37. The van der Waals surface area contributed by atoms with Crippen LogP contribution in [0, 0.1) is 6.92 Å². The van der Waals surface area contributed by atoms with Crippen molar-refractivity contribution in [3.05, 3.63) is 42.0 Å². The van der Waals surface area contributed by atoms with Crippen molar-refractivity contribution in [3.8, 4) is 0 Å². The highest BCUT2D eigenvalue weighted by Crippen LogP contribution is 2.11. The number of hydrogen-bond donors (Lipinski definition) is 1. The first-order valence-electron chi connectivity index (χ1n) is 7.89. The minimum atomic E-state index is 0.0511. The van der Waals surface area contributed by atoms with Gasteiger partial charge >= 0.3 is 0 Å². The maximum Gasteiger partial charge on any atom is 0.226 e. The average Bonchev–Trinajstić information content (AvgIpc) is 2.93. The molecule has 1 amide bonds. The van der Waals surface area contributed by atoms with Crippen molar-refractivity contribution in [1.29, 1.82) is 0 Å². The topological polar surface area (TPSA) is 71.3 Å². The molecule has 1 atom stereocenters. The van der Waals surface area contributed by atoms with E-state index in [1.54, 1.807) is 6.92 Å². The SMILES string of the molecule is Cc1noc(CCCC(=O)NC(C)CN(C)c2ccccc2)n1. The fraction of sp³-hybridized carbons (Fsp3) is 0.471. The van der Waals surface area contributed by atoms with E-state index in [-0.39, 0.29) is 11.9 Å². The summed E-state index contributed by atoms with van der Waals surface area (Å²) in [4.78, 5) is 18.2. The number of nitrogens with one attached hydrogen (secondary N) is 1. The second-order valence-corrected chi connectivity index (χ2v) is 5.77. The van der Waals surface area contributed by atoms with Gasteiger partial charge in [-0.15, -0.1) is 0 Å². The van der Waals surface area contributed by atoms with Gasteiger partial charge in [-0.3, -0.25) is 4.79 Å². The van der Waals surface area contributed by atoms with Crippen molar-refractivity contribution in [2.45, 2.75) is 39.2 Å². The number of anilines is 1. The van der Waals surface area contributed by atoms with Gasteiger partial charge in [-0.2, -0.15) is 4.98 Å². The normalized spacial score (nSPS) is 12.0. The van der Waals surface area contributed by atoms with Gasteiger partial charge in [0.1, 0.15) is 0 Å². The van der Waals surface area contributed by atoms with E-state index in [0.717, 1.165) is 12.2 Å². The van der Waals surface area contributed by atoms with Gasteiger partial charge in [0.15, 0.2) is 5.82 Å². The predicted octanol–water partition coefficient (Wildman–Crippen LogP) is 2.34. The third-order valence-corrected chi connectivity index (χ3v) is 3.52. The third-order valence-electron chi connectivity index (χ3n) is 3.52. The summed E-state index contributed by atoms with van der Waals surface area (Å²) in [6.07, 6.45) is 1.79. The molecule has 0 aliphatic carbocycles. The smallest absolute Gasteiger partial charge is 0.226 e. The number of carbonyl (C=O) groups is 1. The lowest BCUT2D eigenvalue weighted by Crippen LogP contribution is -2.40. The Balaban J connectivity index is 1.68. The van der Waals surface area contributed by atoms with Gasteiger partial charge in [0.2, 0.25) is 11.8 Å². The molecule has 1 aromatic heterocycles. The lowest BCUT2D eigenvalue weighted by molar-refractivity contribution is -0.121. The Morgan fingerprint density at radius 2 is 2.09 bits per heavy atom. The maximum absolute atomic E-state index is 12.0. The molecule has 1 N–H and O–H groups in total. The van der Waals surface area contributed by atoms with Crippen molar-refractivity contribution < 1.29 is 9.32 Å². The highest BCUT2D eigenvalue weighted by molar-refractivity contribution is 5.76. The van der Waals surface area contributed by atoms with Crippen LogP contribution in [-0.2, 0) is 11.2 Å². The lowest BCUT2D eigenvalue weighted by atomic mass is 10.2. The highest BCUT2D eigenvalue weighted by Gasteiger charge is 2.11. The Morgan fingerprint density at radius 3 is 2.74 bits per heavy atom. The summed E-state index contributed by atoms with van der Waals surface area (Å²) < 4.78 is 5.03. The van der Waals surface area contributed by atoms with Gasteiger partial charge in [-0.05, 0) is 32.4 Å². The van der Waals surface area contributed by atoms with E-state index in [9.17, 15) is 4.79 Å². The number of amides is 1. The fourth-order valence-electron chi connectivity index (χ4n) is 2.43. The number of carbonyl (C=O) groups excluding carboxylic acids is 1. The number of likely N-dealkylation sites (N-methyl/N-ethyl adjacent to an activating group) is 1. The first kappa shape index (κ1) is 17.0. The van der Waals surface area contributed by atoms with Gasteiger partial charge in [-0.25, -0.2) is 0 Å². The van der Waals surface area contributed by atoms with E-state index in [2.05, 4.69) is 32.5 Å². The molecule has 0 aliphatic rings. The van der Waals surface area contributed by atoms with Crippen LogP contribution in [0.25, 0.3) is 0 Å². The summed E-state index contributed by atoms with van der Waals surface area (Å²) in [7, 11) is 2.02. The summed E-state index contributed by atoms with van der Waals surface area (Å²) in [5.74, 6) is 1.27. The molecule has 0 bridgehead atoms. The van der Waals surface area contributed by atoms with E-state index in [4.69, 9.17) is 4.52 Å². The zero-order valence-electron chi connectivity index (χ0n) is 14.0. The van der Waals surface area contributed by atoms with Crippen molar-refractivity contribution in [3.63, 3.8) is 0 Å². The Kier molecular flexibility index (Phi) is 6.14. The molecule has 6 nitrogen and oxygen atoms in total. The molecule has 0 radical (unpaired) electrons. The molecule has 0 fully saturated rings. The van der Waals surface area contributed by atoms with Crippen LogP contribution in [0.15, 0.2) is 34.9 Å². The number of benzene rings is 1. The molecule has 0 saturated heterocycles. The Bertz CT molecular complexity index is 612. The monoisotopic (exact) mass is 316 g/mol. The number of nitrogens with zero attached hydrogens (tertiary/aromatic N) is 3. The zero-order valence-corrected chi connectivity index (χ0v) is 14.0. The van der Waals surface area contributed by atoms with Crippen LogP contribution in [0.1, 0.15) is 31.5 Å². The second-order valence-electron chi connectivity index (χ2n) is 5.77. The first-order chi connectivity index (χ1) is 11.0. The van der Waals surface area contributed by atoms with Crippen LogP contribution in [0.5, 0.6) is 0 Å². The van der Waals surface area contributed by atoms with Crippen LogP contribution in [0.4, 0.5) is 5.69 Å².